The van der Waals surface area contributed by atoms with E-state index in [1.807, 2.05) is 4.90 Å². The monoisotopic (exact) mass is 264 g/mol. The highest BCUT2D eigenvalue weighted by Crippen LogP contribution is 2.36. The molecule has 106 valence electrons. The van der Waals surface area contributed by atoms with Crippen LogP contribution in [0.4, 0.5) is 0 Å². The van der Waals surface area contributed by atoms with E-state index in [9.17, 15) is 9.59 Å². The lowest BCUT2D eigenvalue weighted by atomic mass is 9.83. The summed E-state index contributed by atoms with van der Waals surface area (Å²) in [5, 5.41) is 2.89. The first kappa shape index (κ1) is 12.9. The molecule has 2 saturated carbocycles. The SMILES string of the molecule is CC(C1CCCCC1)N1CC(=O)NC(C2CC2)C1=O. The van der Waals surface area contributed by atoms with Crippen molar-refractivity contribution >= 4 is 11.8 Å². The largest absolute Gasteiger partial charge is 0.342 e. The van der Waals surface area contributed by atoms with Crippen molar-refractivity contribution in [2.45, 2.75) is 64.0 Å². The van der Waals surface area contributed by atoms with Crippen molar-refractivity contribution in [3.63, 3.8) is 0 Å². The van der Waals surface area contributed by atoms with Crippen molar-refractivity contribution < 1.29 is 9.59 Å². The van der Waals surface area contributed by atoms with Crippen molar-refractivity contribution in [3.8, 4) is 0 Å². The van der Waals surface area contributed by atoms with Crippen molar-refractivity contribution in [3.05, 3.63) is 0 Å². The van der Waals surface area contributed by atoms with Crippen molar-refractivity contribution in [2.75, 3.05) is 6.54 Å². The molecule has 1 aliphatic heterocycles. The van der Waals surface area contributed by atoms with Crippen LogP contribution in [-0.4, -0.2) is 35.3 Å². The third-order valence-corrected chi connectivity index (χ3v) is 5.10. The Morgan fingerprint density at radius 3 is 2.42 bits per heavy atom. The van der Waals surface area contributed by atoms with Gasteiger partial charge in [-0.25, -0.2) is 0 Å². The molecule has 3 aliphatic rings. The second-order valence-electron chi connectivity index (χ2n) is 6.49. The first-order valence-electron chi connectivity index (χ1n) is 7.76. The molecule has 1 N–H and O–H groups in total. The standard InChI is InChI=1S/C15H24N2O2/c1-10(11-5-3-2-4-6-11)17-9-13(18)16-14(15(17)19)12-7-8-12/h10-12,14H,2-9H2,1H3,(H,16,18). The van der Waals surface area contributed by atoms with E-state index in [1.165, 1.54) is 32.1 Å². The zero-order valence-electron chi connectivity index (χ0n) is 11.7. The Labute approximate surface area is 114 Å². The van der Waals surface area contributed by atoms with E-state index in [-0.39, 0.29) is 30.4 Å². The fraction of sp³-hybridized carbons (Fsp3) is 0.867. The minimum Gasteiger partial charge on any atom is -0.342 e. The van der Waals surface area contributed by atoms with Gasteiger partial charge in [-0.15, -0.1) is 0 Å². The third-order valence-electron chi connectivity index (χ3n) is 5.10. The summed E-state index contributed by atoms with van der Waals surface area (Å²) < 4.78 is 0. The summed E-state index contributed by atoms with van der Waals surface area (Å²) in [6.45, 7) is 2.40. The van der Waals surface area contributed by atoms with Gasteiger partial charge in [0.05, 0.1) is 6.54 Å². The molecule has 0 bridgehead atoms. The van der Waals surface area contributed by atoms with Gasteiger partial charge in [-0.05, 0) is 44.4 Å². The highest BCUT2D eigenvalue weighted by atomic mass is 16.2. The fourth-order valence-corrected chi connectivity index (χ4v) is 3.66. The number of rotatable bonds is 3. The van der Waals surface area contributed by atoms with Crippen LogP contribution < -0.4 is 5.32 Å². The van der Waals surface area contributed by atoms with E-state index in [0.29, 0.717) is 11.8 Å². The Balaban J connectivity index is 1.70. The Kier molecular flexibility index (Phi) is 3.50. The van der Waals surface area contributed by atoms with Crippen molar-refractivity contribution in [1.82, 2.24) is 10.2 Å². The summed E-state index contributed by atoms with van der Waals surface area (Å²) in [6, 6.07) is -0.00705. The van der Waals surface area contributed by atoms with Crippen LogP contribution in [0.25, 0.3) is 0 Å². The normalized spacial score (nSPS) is 31.2. The number of amides is 2. The van der Waals surface area contributed by atoms with E-state index in [4.69, 9.17) is 0 Å². The number of nitrogens with one attached hydrogen (secondary N) is 1. The zero-order valence-corrected chi connectivity index (χ0v) is 11.7. The van der Waals surface area contributed by atoms with E-state index >= 15 is 0 Å². The Bertz CT molecular complexity index is 372. The molecule has 0 spiro atoms. The lowest BCUT2D eigenvalue weighted by Gasteiger charge is -2.41. The fourth-order valence-electron chi connectivity index (χ4n) is 3.66. The summed E-state index contributed by atoms with van der Waals surface area (Å²) in [7, 11) is 0. The van der Waals surface area contributed by atoms with Gasteiger partial charge < -0.3 is 10.2 Å². The summed E-state index contributed by atoms with van der Waals surface area (Å²) >= 11 is 0. The molecule has 0 aromatic carbocycles. The molecule has 2 atom stereocenters. The van der Waals surface area contributed by atoms with Crippen LogP contribution in [0.3, 0.4) is 0 Å². The second-order valence-corrected chi connectivity index (χ2v) is 6.49. The number of hydrogen-bond donors (Lipinski definition) is 1. The van der Waals surface area contributed by atoms with Crippen LogP contribution in [0.5, 0.6) is 0 Å². The number of carbonyl (C=O) groups is 2. The molecule has 4 nitrogen and oxygen atoms in total. The van der Waals surface area contributed by atoms with Crippen LogP contribution >= 0.6 is 0 Å². The Morgan fingerprint density at radius 2 is 1.79 bits per heavy atom. The van der Waals surface area contributed by atoms with Crippen LogP contribution in [0.2, 0.25) is 0 Å². The van der Waals surface area contributed by atoms with Gasteiger partial charge in [0, 0.05) is 6.04 Å². The van der Waals surface area contributed by atoms with Crippen LogP contribution in [0.15, 0.2) is 0 Å². The molecule has 2 aliphatic carbocycles. The molecule has 0 aromatic rings. The average molecular weight is 264 g/mol. The van der Waals surface area contributed by atoms with Gasteiger partial charge in [0.25, 0.3) is 0 Å². The maximum atomic E-state index is 12.5. The molecule has 1 heterocycles. The first-order chi connectivity index (χ1) is 9.16. The molecule has 2 amide bonds. The van der Waals surface area contributed by atoms with Gasteiger partial charge in [0.2, 0.25) is 11.8 Å². The van der Waals surface area contributed by atoms with Gasteiger partial charge in [-0.3, -0.25) is 9.59 Å². The van der Waals surface area contributed by atoms with Gasteiger partial charge >= 0.3 is 0 Å². The van der Waals surface area contributed by atoms with E-state index < -0.39 is 0 Å². The summed E-state index contributed by atoms with van der Waals surface area (Å²) in [4.78, 5) is 26.3. The maximum Gasteiger partial charge on any atom is 0.246 e. The number of piperazine rings is 1. The molecular formula is C15H24N2O2. The topological polar surface area (TPSA) is 49.4 Å². The molecular weight excluding hydrogens is 240 g/mol. The molecule has 4 heteroatoms. The predicted octanol–water partition coefficient (Wildman–Crippen LogP) is 1.69. The summed E-state index contributed by atoms with van der Waals surface area (Å²) in [5.41, 5.74) is 0. The van der Waals surface area contributed by atoms with Gasteiger partial charge in [0.15, 0.2) is 0 Å². The minimum absolute atomic E-state index is 0.0270. The predicted molar refractivity (Wildman–Crippen MR) is 72.4 cm³/mol. The molecule has 1 saturated heterocycles. The van der Waals surface area contributed by atoms with E-state index in [1.54, 1.807) is 0 Å². The quantitative estimate of drug-likeness (QED) is 0.843. The van der Waals surface area contributed by atoms with Crippen molar-refractivity contribution in [1.29, 1.82) is 0 Å². The summed E-state index contributed by atoms with van der Waals surface area (Å²) in [6.07, 6.45) is 8.46. The second kappa shape index (κ2) is 5.14. The Morgan fingerprint density at radius 1 is 1.11 bits per heavy atom. The molecule has 3 fully saturated rings. The molecule has 19 heavy (non-hydrogen) atoms. The average Bonchev–Trinajstić information content (AvgIpc) is 3.25. The highest BCUT2D eigenvalue weighted by molar-refractivity contribution is 5.95. The summed E-state index contributed by atoms with van der Waals surface area (Å²) in [5.74, 6) is 1.18. The van der Waals surface area contributed by atoms with Crippen LogP contribution in [0.1, 0.15) is 51.9 Å². The number of carbonyl (C=O) groups excluding carboxylic acids is 2. The molecule has 3 rings (SSSR count). The molecule has 2 unspecified atom stereocenters. The lowest BCUT2D eigenvalue weighted by molar-refractivity contribution is -0.148. The van der Waals surface area contributed by atoms with Crippen LogP contribution in [0, 0.1) is 11.8 Å². The van der Waals surface area contributed by atoms with Gasteiger partial charge in [-0.2, -0.15) is 0 Å². The van der Waals surface area contributed by atoms with E-state index in [2.05, 4.69) is 12.2 Å². The maximum absolute atomic E-state index is 12.5. The van der Waals surface area contributed by atoms with Gasteiger partial charge in [0.1, 0.15) is 6.04 Å². The lowest BCUT2D eigenvalue weighted by Crippen LogP contribution is -2.62. The number of nitrogens with zero attached hydrogens (tertiary/aromatic N) is 1. The first-order valence-corrected chi connectivity index (χ1v) is 7.76. The highest BCUT2D eigenvalue weighted by Gasteiger charge is 2.44. The Hall–Kier alpha value is -1.06. The number of hydrogen-bond acceptors (Lipinski definition) is 2. The van der Waals surface area contributed by atoms with Gasteiger partial charge in [-0.1, -0.05) is 19.3 Å². The smallest absolute Gasteiger partial charge is 0.246 e. The molecule has 0 aromatic heterocycles. The van der Waals surface area contributed by atoms with Crippen LogP contribution in [-0.2, 0) is 9.59 Å². The minimum atomic E-state index is -0.229. The zero-order chi connectivity index (χ0) is 13.4. The molecule has 0 radical (unpaired) electrons. The third kappa shape index (κ3) is 2.63. The van der Waals surface area contributed by atoms with E-state index in [0.717, 1.165) is 12.8 Å². The van der Waals surface area contributed by atoms with Crippen molar-refractivity contribution in [2.24, 2.45) is 11.8 Å².